The second-order valence-electron chi connectivity index (χ2n) is 6.57. The molecule has 0 atom stereocenters. The molecule has 2 nitrogen and oxygen atoms in total. The average Bonchev–Trinajstić information content (AvgIpc) is 2.48. The summed E-state index contributed by atoms with van der Waals surface area (Å²) in [7, 11) is 0. The maximum absolute atomic E-state index is 8.97. The van der Waals surface area contributed by atoms with E-state index in [0.717, 1.165) is 12.8 Å². The van der Waals surface area contributed by atoms with Crippen molar-refractivity contribution in [1.29, 1.82) is 0 Å². The van der Waals surface area contributed by atoms with Crippen LogP contribution in [0.1, 0.15) is 103 Å². The van der Waals surface area contributed by atoms with E-state index < -0.39 is 0 Å². The van der Waals surface area contributed by atoms with Gasteiger partial charge in [-0.1, -0.05) is 90.4 Å². The Labute approximate surface area is 133 Å². The van der Waals surface area contributed by atoms with Crippen molar-refractivity contribution in [3.63, 3.8) is 0 Å². The van der Waals surface area contributed by atoms with Crippen molar-refractivity contribution >= 4 is 0 Å². The highest BCUT2D eigenvalue weighted by Gasteiger charge is 2.06. The lowest BCUT2D eigenvalue weighted by Gasteiger charge is -2.13. The van der Waals surface area contributed by atoms with Crippen LogP contribution < -0.4 is 0 Å². The van der Waals surface area contributed by atoms with Crippen LogP contribution in [0.2, 0.25) is 0 Å². The summed E-state index contributed by atoms with van der Waals surface area (Å²) in [6.07, 6.45) is 19.5. The van der Waals surface area contributed by atoms with Gasteiger partial charge in [0.05, 0.1) is 0 Å². The van der Waals surface area contributed by atoms with Crippen LogP contribution in [-0.4, -0.2) is 23.4 Å². The standard InChI is InChI=1S/C19H40O2/c1-2-3-4-5-6-7-8-9-10-11-12-13-14-19(15-17-20)16-18-21/h19-21H,2-18H2,1H3. The molecular formula is C19H40O2. The largest absolute Gasteiger partial charge is 0.396 e. The monoisotopic (exact) mass is 300 g/mol. The molecule has 0 saturated carbocycles. The van der Waals surface area contributed by atoms with Gasteiger partial charge in [-0.3, -0.25) is 0 Å². The molecule has 0 aliphatic heterocycles. The van der Waals surface area contributed by atoms with Crippen LogP contribution in [-0.2, 0) is 0 Å². The van der Waals surface area contributed by atoms with Gasteiger partial charge in [0.1, 0.15) is 0 Å². The fourth-order valence-corrected chi connectivity index (χ4v) is 3.07. The van der Waals surface area contributed by atoms with Gasteiger partial charge in [-0.05, 0) is 18.8 Å². The SMILES string of the molecule is CCCCCCCCCCCCCCC(CCO)CCO. The summed E-state index contributed by atoms with van der Waals surface area (Å²) in [6, 6.07) is 0. The van der Waals surface area contributed by atoms with E-state index in [-0.39, 0.29) is 13.2 Å². The number of aliphatic hydroxyl groups is 2. The third kappa shape index (κ3) is 16.1. The van der Waals surface area contributed by atoms with Gasteiger partial charge in [0.15, 0.2) is 0 Å². The quantitative estimate of drug-likeness (QED) is 0.350. The first-order chi connectivity index (χ1) is 10.3. The topological polar surface area (TPSA) is 40.5 Å². The van der Waals surface area contributed by atoms with E-state index in [4.69, 9.17) is 10.2 Å². The Hall–Kier alpha value is -0.0800. The third-order valence-corrected chi connectivity index (χ3v) is 4.54. The molecule has 0 rings (SSSR count). The molecule has 0 aromatic carbocycles. The molecule has 0 heterocycles. The summed E-state index contributed by atoms with van der Waals surface area (Å²) in [5.74, 6) is 0.531. The molecule has 0 aliphatic carbocycles. The van der Waals surface area contributed by atoms with E-state index in [1.54, 1.807) is 0 Å². The zero-order valence-corrected chi connectivity index (χ0v) is 14.5. The second kappa shape index (κ2) is 18.0. The van der Waals surface area contributed by atoms with Crippen LogP contribution in [0.3, 0.4) is 0 Å². The zero-order chi connectivity index (χ0) is 15.6. The van der Waals surface area contributed by atoms with Crippen LogP contribution in [0, 0.1) is 5.92 Å². The van der Waals surface area contributed by atoms with Gasteiger partial charge in [-0.25, -0.2) is 0 Å². The van der Waals surface area contributed by atoms with Crippen molar-refractivity contribution in [3.05, 3.63) is 0 Å². The van der Waals surface area contributed by atoms with Crippen molar-refractivity contribution in [2.24, 2.45) is 5.92 Å². The minimum Gasteiger partial charge on any atom is -0.396 e. The van der Waals surface area contributed by atoms with Crippen LogP contribution >= 0.6 is 0 Å². The van der Waals surface area contributed by atoms with Gasteiger partial charge < -0.3 is 10.2 Å². The molecule has 0 radical (unpaired) electrons. The maximum Gasteiger partial charge on any atom is 0.0433 e. The zero-order valence-electron chi connectivity index (χ0n) is 14.5. The summed E-state index contributed by atoms with van der Waals surface area (Å²) in [6.45, 7) is 2.81. The van der Waals surface area contributed by atoms with Gasteiger partial charge in [-0.2, -0.15) is 0 Å². The Morgan fingerprint density at radius 1 is 0.524 bits per heavy atom. The Kier molecular flexibility index (Phi) is 17.9. The summed E-state index contributed by atoms with van der Waals surface area (Å²) >= 11 is 0. The number of rotatable bonds is 17. The number of hydrogen-bond donors (Lipinski definition) is 2. The van der Waals surface area contributed by atoms with Gasteiger partial charge in [0.25, 0.3) is 0 Å². The fourth-order valence-electron chi connectivity index (χ4n) is 3.07. The van der Waals surface area contributed by atoms with E-state index in [9.17, 15) is 0 Å². The second-order valence-corrected chi connectivity index (χ2v) is 6.57. The number of aliphatic hydroxyl groups excluding tert-OH is 2. The molecule has 0 aromatic rings. The molecule has 0 spiro atoms. The number of hydrogen-bond acceptors (Lipinski definition) is 2. The van der Waals surface area contributed by atoms with Crippen molar-refractivity contribution in [2.75, 3.05) is 13.2 Å². The molecular weight excluding hydrogens is 260 g/mol. The molecule has 0 amide bonds. The number of unbranched alkanes of at least 4 members (excludes halogenated alkanes) is 11. The Morgan fingerprint density at radius 3 is 1.29 bits per heavy atom. The van der Waals surface area contributed by atoms with E-state index in [1.165, 1.54) is 83.5 Å². The molecule has 2 N–H and O–H groups in total. The van der Waals surface area contributed by atoms with E-state index in [2.05, 4.69) is 6.92 Å². The molecule has 128 valence electrons. The lowest BCUT2D eigenvalue weighted by atomic mass is 9.94. The molecule has 0 aromatic heterocycles. The van der Waals surface area contributed by atoms with Crippen molar-refractivity contribution in [2.45, 2.75) is 103 Å². The molecule has 21 heavy (non-hydrogen) atoms. The molecule has 0 aliphatic rings. The predicted molar refractivity (Wildman–Crippen MR) is 92.6 cm³/mol. The Bertz CT molecular complexity index is 176. The van der Waals surface area contributed by atoms with Crippen molar-refractivity contribution in [1.82, 2.24) is 0 Å². The van der Waals surface area contributed by atoms with Crippen molar-refractivity contribution in [3.8, 4) is 0 Å². The first kappa shape index (κ1) is 20.9. The van der Waals surface area contributed by atoms with Crippen LogP contribution in [0.15, 0.2) is 0 Å². The molecule has 0 fully saturated rings. The molecule has 0 unspecified atom stereocenters. The maximum atomic E-state index is 8.97. The minimum absolute atomic E-state index is 0.267. The summed E-state index contributed by atoms with van der Waals surface area (Å²) in [5.41, 5.74) is 0. The lowest BCUT2D eigenvalue weighted by Crippen LogP contribution is -2.05. The highest BCUT2D eigenvalue weighted by atomic mass is 16.3. The molecule has 0 bridgehead atoms. The van der Waals surface area contributed by atoms with Crippen LogP contribution in [0.4, 0.5) is 0 Å². The van der Waals surface area contributed by atoms with E-state index in [1.807, 2.05) is 0 Å². The predicted octanol–water partition coefficient (Wildman–Crippen LogP) is 5.46. The van der Waals surface area contributed by atoms with Gasteiger partial charge in [0, 0.05) is 13.2 Å². The van der Waals surface area contributed by atoms with E-state index in [0.29, 0.717) is 5.92 Å². The first-order valence-corrected chi connectivity index (χ1v) is 9.56. The smallest absolute Gasteiger partial charge is 0.0433 e. The van der Waals surface area contributed by atoms with Gasteiger partial charge in [-0.15, -0.1) is 0 Å². The average molecular weight is 301 g/mol. The highest BCUT2D eigenvalue weighted by molar-refractivity contribution is 4.59. The van der Waals surface area contributed by atoms with E-state index >= 15 is 0 Å². The summed E-state index contributed by atoms with van der Waals surface area (Å²) in [5, 5.41) is 17.9. The summed E-state index contributed by atoms with van der Waals surface area (Å²) < 4.78 is 0. The lowest BCUT2D eigenvalue weighted by molar-refractivity contribution is 0.207. The normalized spacial score (nSPS) is 11.4. The highest BCUT2D eigenvalue weighted by Crippen LogP contribution is 2.18. The summed E-state index contributed by atoms with van der Waals surface area (Å²) in [4.78, 5) is 0. The molecule has 0 saturated heterocycles. The van der Waals surface area contributed by atoms with Gasteiger partial charge in [0.2, 0.25) is 0 Å². The first-order valence-electron chi connectivity index (χ1n) is 9.56. The van der Waals surface area contributed by atoms with Crippen LogP contribution in [0.25, 0.3) is 0 Å². The molecule has 2 heteroatoms. The van der Waals surface area contributed by atoms with Crippen LogP contribution in [0.5, 0.6) is 0 Å². The Morgan fingerprint density at radius 2 is 0.905 bits per heavy atom. The van der Waals surface area contributed by atoms with Crippen molar-refractivity contribution < 1.29 is 10.2 Å². The third-order valence-electron chi connectivity index (χ3n) is 4.54. The van der Waals surface area contributed by atoms with Gasteiger partial charge >= 0.3 is 0 Å². The fraction of sp³-hybridized carbons (Fsp3) is 1.00. The Balaban J connectivity index is 3.17. The minimum atomic E-state index is 0.267.